The second-order valence-corrected chi connectivity index (χ2v) is 6.26. The van der Waals surface area contributed by atoms with Crippen LogP contribution in [0.3, 0.4) is 0 Å². The molecule has 0 radical (unpaired) electrons. The molecule has 0 aliphatic carbocycles. The van der Waals surface area contributed by atoms with Crippen molar-refractivity contribution >= 4 is 23.3 Å². The summed E-state index contributed by atoms with van der Waals surface area (Å²) in [6.07, 6.45) is 0.752. The van der Waals surface area contributed by atoms with E-state index < -0.39 is 0 Å². The number of hydrogen-bond donors (Lipinski definition) is 3. The van der Waals surface area contributed by atoms with Crippen LogP contribution in [0.2, 0.25) is 0 Å². The third-order valence-electron chi connectivity index (χ3n) is 4.05. The van der Waals surface area contributed by atoms with E-state index in [1.165, 1.54) is 0 Å². The van der Waals surface area contributed by atoms with Crippen LogP contribution < -0.4 is 16.0 Å². The molecule has 0 fully saturated rings. The lowest BCUT2D eigenvalue weighted by atomic mass is 10.1. The number of amides is 2. The van der Waals surface area contributed by atoms with Gasteiger partial charge in [0.05, 0.1) is 12.1 Å². The monoisotopic (exact) mass is 378 g/mol. The first-order chi connectivity index (χ1) is 13.6. The first-order valence-corrected chi connectivity index (χ1v) is 9.00. The molecule has 0 saturated carbocycles. The van der Waals surface area contributed by atoms with Gasteiger partial charge in [-0.05, 0) is 31.0 Å². The molecule has 3 aromatic rings. The van der Waals surface area contributed by atoms with E-state index in [0.717, 1.165) is 12.0 Å². The number of benzene rings is 2. The highest BCUT2D eigenvalue weighted by Gasteiger charge is 2.12. The number of carbonyl (C=O) groups is 2. The van der Waals surface area contributed by atoms with Gasteiger partial charge in [-0.3, -0.25) is 9.59 Å². The Morgan fingerprint density at radius 2 is 1.79 bits per heavy atom. The van der Waals surface area contributed by atoms with E-state index in [1.807, 2.05) is 36.4 Å². The predicted octanol–water partition coefficient (Wildman–Crippen LogP) is 3.01. The fourth-order valence-corrected chi connectivity index (χ4v) is 2.68. The topological polar surface area (TPSA) is 96.3 Å². The second kappa shape index (κ2) is 9.36. The van der Waals surface area contributed by atoms with Crippen LogP contribution in [-0.2, 0) is 11.2 Å². The van der Waals surface area contributed by atoms with Crippen molar-refractivity contribution in [3.8, 4) is 0 Å². The fourth-order valence-electron chi connectivity index (χ4n) is 2.68. The van der Waals surface area contributed by atoms with E-state index in [-0.39, 0.29) is 18.4 Å². The summed E-state index contributed by atoms with van der Waals surface area (Å²) in [6, 6.07) is 18.7. The number of hydrogen-bond acceptors (Lipinski definition) is 5. The molecular formula is C21H22N4O3. The van der Waals surface area contributed by atoms with Crippen LogP contribution in [0.4, 0.5) is 11.5 Å². The first-order valence-electron chi connectivity index (χ1n) is 9.00. The summed E-state index contributed by atoms with van der Waals surface area (Å²) in [7, 11) is 0. The molecule has 0 aliphatic rings. The summed E-state index contributed by atoms with van der Waals surface area (Å²) in [6.45, 7) is 2.27. The average Bonchev–Trinajstić information content (AvgIpc) is 3.12. The number of anilines is 2. The van der Waals surface area contributed by atoms with Gasteiger partial charge in [0, 0.05) is 18.3 Å². The van der Waals surface area contributed by atoms with E-state index in [0.29, 0.717) is 29.4 Å². The number of nitrogens with zero attached hydrogens (tertiary/aromatic N) is 1. The quantitative estimate of drug-likeness (QED) is 0.560. The molecule has 2 amide bonds. The molecular weight excluding hydrogens is 356 g/mol. The molecule has 2 aromatic carbocycles. The lowest BCUT2D eigenvalue weighted by Gasteiger charge is -2.12. The van der Waals surface area contributed by atoms with Gasteiger partial charge < -0.3 is 20.5 Å². The summed E-state index contributed by atoms with van der Waals surface area (Å²) in [5.74, 6) is 0.496. The number of nitrogens with one attached hydrogen (secondary N) is 3. The highest BCUT2D eigenvalue weighted by molar-refractivity contribution is 6.00. The number of aryl methyl sites for hydroxylation is 1. The number of para-hydroxylation sites is 1. The van der Waals surface area contributed by atoms with Crippen molar-refractivity contribution in [1.29, 1.82) is 0 Å². The normalized spacial score (nSPS) is 10.3. The number of aromatic nitrogens is 1. The van der Waals surface area contributed by atoms with Crippen LogP contribution in [0.5, 0.6) is 0 Å². The third kappa shape index (κ3) is 5.44. The van der Waals surface area contributed by atoms with Crippen molar-refractivity contribution < 1.29 is 14.1 Å². The summed E-state index contributed by atoms with van der Waals surface area (Å²) in [5, 5.41) is 12.3. The van der Waals surface area contributed by atoms with Gasteiger partial charge >= 0.3 is 0 Å². The number of carbonyl (C=O) groups excluding carboxylic acids is 2. The zero-order valence-electron chi connectivity index (χ0n) is 15.6. The van der Waals surface area contributed by atoms with Crippen molar-refractivity contribution in [2.45, 2.75) is 13.3 Å². The van der Waals surface area contributed by atoms with E-state index in [2.05, 4.69) is 21.1 Å². The first kappa shape index (κ1) is 19.2. The molecule has 0 saturated heterocycles. The minimum atomic E-state index is -0.285. The van der Waals surface area contributed by atoms with Crippen LogP contribution in [-0.4, -0.2) is 30.1 Å². The van der Waals surface area contributed by atoms with Crippen LogP contribution in [0.25, 0.3) is 0 Å². The zero-order valence-corrected chi connectivity index (χ0v) is 15.6. The molecule has 0 atom stereocenters. The number of rotatable bonds is 8. The van der Waals surface area contributed by atoms with E-state index in [1.54, 1.807) is 31.2 Å². The van der Waals surface area contributed by atoms with Gasteiger partial charge in [0.1, 0.15) is 5.76 Å². The van der Waals surface area contributed by atoms with Gasteiger partial charge in [0.15, 0.2) is 5.82 Å². The third-order valence-corrected chi connectivity index (χ3v) is 4.05. The van der Waals surface area contributed by atoms with Crippen molar-refractivity contribution in [2.24, 2.45) is 0 Å². The largest absolute Gasteiger partial charge is 0.375 e. The Kier molecular flexibility index (Phi) is 6.41. The SMILES string of the molecule is Cc1cc(NC(=O)CNc2ccccc2C(=O)NCCc2ccccc2)no1. The lowest BCUT2D eigenvalue weighted by molar-refractivity contribution is -0.114. The van der Waals surface area contributed by atoms with E-state index in [9.17, 15) is 9.59 Å². The zero-order chi connectivity index (χ0) is 19.8. The second-order valence-electron chi connectivity index (χ2n) is 6.26. The van der Waals surface area contributed by atoms with Gasteiger partial charge in [0.2, 0.25) is 5.91 Å². The Balaban J connectivity index is 1.53. The molecule has 1 heterocycles. The molecule has 0 unspecified atom stereocenters. The van der Waals surface area contributed by atoms with Gasteiger partial charge in [-0.15, -0.1) is 0 Å². The lowest BCUT2D eigenvalue weighted by Crippen LogP contribution is -2.28. The maximum Gasteiger partial charge on any atom is 0.253 e. The van der Waals surface area contributed by atoms with Gasteiger partial charge in [-0.1, -0.05) is 47.6 Å². The molecule has 28 heavy (non-hydrogen) atoms. The molecule has 7 heteroatoms. The molecule has 3 rings (SSSR count). The Morgan fingerprint density at radius 3 is 2.54 bits per heavy atom. The smallest absolute Gasteiger partial charge is 0.253 e. The van der Waals surface area contributed by atoms with E-state index in [4.69, 9.17) is 4.52 Å². The van der Waals surface area contributed by atoms with Crippen LogP contribution in [0.1, 0.15) is 21.7 Å². The Morgan fingerprint density at radius 1 is 1.04 bits per heavy atom. The van der Waals surface area contributed by atoms with Crippen LogP contribution in [0, 0.1) is 6.92 Å². The minimum absolute atomic E-state index is 0.000215. The van der Waals surface area contributed by atoms with Crippen molar-refractivity contribution in [3.05, 3.63) is 77.6 Å². The summed E-state index contributed by atoms with van der Waals surface area (Å²) >= 11 is 0. The Hall–Kier alpha value is -3.61. The highest BCUT2D eigenvalue weighted by atomic mass is 16.5. The van der Waals surface area contributed by atoms with Crippen molar-refractivity contribution in [3.63, 3.8) is 0 Å². The molecule has 7 nitrogen and oxygen atoms in total. The average molecular weight is 378 g/mol. The molecule has 3 N–H and O–H groups in total. The van der Waals surface area contributed by atoms with Crippen LogP contribution in [0.15, 0.2) is 65.2 Å². The summed E-state index contributed by atoms with van der Waals surface area (Å²) in [4.78, 5) is 24.6. The molecule has 0 bridgehead atoms. The maximum absolute atomic E-state index is 12.5. The molecule has 144 valence electrons. The minimum Gasteiger partial charge on any atom is -0.375 e. The fraction of sp³-hybridized carbons (Fsp3) is 0.190. The maximum atomic E-state index is 12.5. The van der Waals surface area contributed by atoms with Crippen LogP contribution >= 0.6 is 0 Å². The standard InChI is InChI=1S/C21H22N4O3/c1-15-13-19(25-28-15)24-20(26)14-23-18-10-6-5-9-17(18)21(27)22-12-11-16-7-3-2-4-8-16/h2-10,13,23H,11-12,14H2,1H3,(H,22,27)(H,24,25,26). The highest BCUT2D eigenvalue weighted by Crippen LogP contribution is 2.15. The van der Waals surface area contributed by atoms with Crippen molar-refractivity contribution in [2.75, 3.05) is 23.7 Å². The Labute approximate surface area is 163 Å². The van der Waals surface area contributed by atoms with Gasteiger partial charge in [0.25, 0.3) is 5.91 Å². The van der Waals surface area contributed by atoms with Crippen molar-refractivity contribution in [1.82, 2.24) is 10.5 Å². The van der Waals surface area contributed by atoms with Gasteiger partial charge in [-0.25, -0.2) is 0 Å². The summed E-state index contributed by atoms with van der Waals surface area (Å²) in [5.41, 5.74) is 2.24. The predicted molar refractivity (Wildman–Crippen MR) is 107 cm³/mol. The summed E-state index contributed by atoms with van der Waals surface area (Å²) < 4.78 is 4.91. The van der Waals surface area contributed by atoms with E-state index >= 15 is 0 Å². The molecule has 1 aromatic heterocycles. The molecule has 0 spiro atoms. The Bertz CT molecular complexity index is 938. The molecule has 0 aliphatic heterocycles. The van der Waals surface area contributed by atoms with Gasteiger partial charge in [-0.2, -0.15) is 0 Å².